The van der Waals surface area contributed by atoms with Crippen molar-refractivity contribution in [3.8, 4) is 11.3 Å². The topological polar surface area (TPSA) is 45.1 Å². The number of nitrogens with one attached hydrogen (secondary N) is 1. The second-order valence-electron chi connectivity index (χ2n) is 3.65. The first kappa shape index (κ1) is 13.8. The number of halogens is 2. The lowest BCUT2D eigenvalue weighted by atomic mass is 10.2. The van der Waals surface area contributed by atoms with Gasteiger partial charge < -0.3 is 10.4 Å². The maximum atomic E-state index is 8.68. The van der Waals surface area contributed by atoms with E-state index in [4.69, 9.17) is 28.3 Å². The van der Waals surface area contributed by atoms with Crippen LogP contribution >= 0.6 is 34.5 Å². The largest absolute Gasteiger partial charge is 0.395 e. The van der Waals surface area contributed by atoms with Crippen LogP contribution in [0, 0.1) is 0 Å². The molecule has 18 heavy (non-hydrogen) atoms. The van der Waals surface area contributed by atoms with Gasteiger partial charge in [-0.2, -0.15) is 0 Å². The SMILES string of the molecule is OCCNCc1nc(-c2cc(Cl)ccc2Cl)cs1. The first-order valence-electron chi connectivity index (χ1n) is 5.42. The number of rotatable bonds is 5. The minimum absolute atomic E-state index is 0.123. The number of thiazole rings is 1. The molecule has 6 heteroatoms. The van der Waals surface area contributed by atoms with E-state index in [9.17, 15) is 0 Å². The van der Waals surface area contributed by atoms with Gasteiger partial charge in [-0.05, 0) is 18.2 Å². The van der Waals surface area contributed by atoms with Crippen molar-refractivity contribution in [3.05, 3.63) is 38.6 Å². The molecule has 0 unspecified atom stereocenters. The van der Waals surface area contributed by atoms with Crippen LogP contribution in [0.15, 0.2) is 23.6 Å². The van der Waals surface area contributed by atoms with Gasteiger partial charge in [0.05, 0.1) is 17.3 Å². The van der Waals surface area contributed by atoms with Crippen molar-refractivity contribution in [1.82, 2.24) is 10.3 Å². The highest BCUT2D eigenvalue weighted by Crippen LogP contribution is 2.31. The van der Waals surface area contributed by atoms with E-state index in [2.05, 4.69) is 10.3 Å². The van der Waals surface area contributed by atoms with Crippen LogP contribution in [-0.2, 0) is 6.54 Å². The maximum Gasteiger partial charge on any atom is 0.107 e. The molecule has 0 fully saturated rings. The molecule has 0 aliphatic rings. The molecule has 0 aliphatic carbocycles. The van der Waals surface area contributed by atoms with E-state index < -0.39 is 0 Å². The lowest BCUT2D eigenvalue weighted by molar-refractivity contribution is 0.292. The molecule has 3 nitrogen and oxygen atoms in total. The van der Waals surface area contributed by atoms with Gasteiger partial charge in [-0.3, -0.25) is 0 Å². The van der Waals surface area contributed by atoms with Gasteiger partial charge in [-0.15, -0.1) is 11.3 Å². The summed E-state index contributed by atoms with van der Waals surface area (Å²) in [6.07, 6.45) is 0. The molecule has 0 saturated heterocycles. The van der Waals surface area contributed by atoms with E-state index in [-0.39, 0.29) is 6.61 Å². The van der Waals surface area contributed by atoms with E-state index in [0.717, 1.165) is 16.3 Å². The zero-order chi connectivity index (χ0) is 13.0. The fourth-order valence-corrected chi connectivity index (χ4v) is 2.63. The monoisotopic (exact) mass is 302 g/mol. The average Bonchev–Trinajstić information content (AvgIpc) is 2.81. The first-order valence-corrected chi connectivity index (χ1v) is 7.05. The standard InChI is InChI=1S/C12H12Cl2N2OS/c13-8-1-2-10(14)9(5-8)11-7-18-12(16-11)6-15-3-4-17/h1-2,5,7,15,17H,3-4,6H2. The molecule has 1 heterocycles. The van der Waals surface area contributed by atoms with Gasteiger partial charge in [0, 0.05) is 29.1 Å². The van der Waals surface area contributed by atoms with Crippen LogP contribution in [0.25, 0.3) is 11.3 Å². The lowest BCUT2D eigenvalue weighted by Gasteiger charge is -2.01. The molecule has 0 atom stereocenters. The second-order valence-corrected chi connectivity index (χ2v) is 5.44. The first-order chi connectivity index (χ1) is 8.70. The Bertz CT molecular complexity index is 531. The van der Waals surface area contributed by atoms with Gasteiger partial charge in [-0.1, -0.05) is 23.2 Å². The van der Waals surface area contributed by atoms with E-state index in [1.807, 2.05) is 11.4 Å². The number of nitrogens with zero attached hydrogens (tertiary/aromatic N) is 1. The van der Waals surface area contributed by atoms with Crippen molar-refractivity contribution in [2.45, 2.75) is 6.54 Å². The lowest BCUT2D eigenvalue weighted by Crippen LogP contribution is -2.17. The summed E-state index contributed by atoms with van der Waals surface area (Å²) in [7, 11) is 0. The number of aromatic nitrogens is 1. The summed E-state index contributed by atoms with van der Waals surface area (Å²) in [5, 5.41) is 15.9. The predicted octanol–water partition coefficient (Wildman–Crippen LogP) is 3.20. The fourth-order valence-electron chi connectivity index (χ4n) is 1.48. The summed E-state index contributed by atoms with van der Waals surface area (Å²) in [4.78, 5) is 4.49. The number of aliphatic hydroxyl groups excluding tert-OH is 1. The summed E-state index contributed by atoms with van der Waals surface area (Å²) in [6.45, 7) is 1.33. The molecule has 1 aromatic heterocycles. The predicted molar refractivity (Wildman–Crippen MR) is 76.4 cm³/mol. The molecular weight excluding hydrogens is 291 g/mol. The van der Waals surface area contributed by atoms with Crippen LogP contribution in [0.2, 0.25) is 10.0 Å². The van der Waals surface area contributed by atoms with Crippen molar-refractivity contribution in [2.24, 2.45) is 0 Å². The van der Waals surface area contributed by atoms with Crippen molar-refractivity contribution < 1.29 is 5.11 Å². The number of aliphatic hydroxyl groups is 1. The normalized spacial score (nSPS) is 10.8. The molecule has 2 aromatic rings. The molecular formula is C12H12Cl2N2OS. The number of hydrogen-bond donors (Lipinski definition) is 2. The van der Waals surface area contributed by atoms with Crippen molar-refractivity contribution >= 4 is 34.5 Å². The molecule has 1 aromatic carbocycles. The Labute approximate surface area is 119 Å². The summed E-state index contributed by atoms with van der Waals surface area (Å²) >= 11 is 13.6. The Hall–Kier alpha value is -0.650. The Morgan fingerprint density at radius 3 is 2.94 bits per heavy atom. The van der Waals surface area contributed by atoms with Crippen molar-refractivity contribution in [1.29, 1.82) is 0 Å². The summed E-state index contributed by atoms with van der Waals surface area (Å²) < 4.78 is 0. The zero-order valence-electron chi connectivity index (χ0n) is 9.49. The second kappa shape index (κ2) is 6.50. The molecule has 0 spiro atoms. The van der Waals surface area contributed by atoms with Crippen LogP contribution in [-0.4, -0.2) is 23.2 Å². The highest BCUT2D eigenvalue weighted by Gasteiger charge is 2.08. The Morgan fingerprint density at radius 1 is 1.33 bits per heavy atom. The Kier molecular flexibility index (Phi) is 4.97. The van der Waals surface area contributed by atoms with Crippen molar-refractivity contribution in [3.63, 3.8) is 0 Å². The molecule has 0 saturated carbocycles. The van der Waals surface area contributed by atoms with Gasteiger partial charge in [0.1, 0.15) is 5.01 Å². The van der Waals surface area contributed by atoms with Crippen LogP contribution < -0.4 is 5.32 Å². The summed E-state index contributed by atoms with van der Waals surface area (Å²) in [6, 6.07) is 5.33. The van der Waals surface area contributed by atoms with Crippen LogP contribution in [0.3, 0.4) is 0 Å². The molecule has 0 radical (unpaired) electrons. The number of hydrogen-bond acceptors (Lipinski definition) is 4. The van der Waals surface area contributed by atoms with E-state index in [1.165, 1.54) is 0 Å². The third kappa shape index (κ3) is 3.43. The zero-order valence-corrected chi connectivity index (χ0v) is 11.8. The molecule has 2 N–H and O–H groups in total. The third-order valence-corrected chi connectivity index (χ3v) is 3.73. The Morgan fingerprint density at radius 2 is 2.17 bits per heavy atom. The molecule has 96 valence electrons. The van der Waals surface area contributed by atoms with E-state index in [1.54, 1.807) is 23.5 Å². The highest BCUT2D eigenvalue weighted by molar-refractivity contribution is 7.09. The van der Waals surface area contributed by atoms with Crippen molar-refractivity contribution in [2.75, 3.05) is 13.2 Å². The average molecular weight is 303 g/mol. The van der Waals surface area contributed by atoms with Crippen LogP contribution in [0.4, 0.5) is 0 Å². The maximum absolute atomic E-state index is 8.68. The fraction of sp³-hybridized carbons (Fsp3) is 0.250. The van der Waals surface area contributed by atoms with E-state index >= 15 is 0 Å². The minimum Gasteiger partial charge on any atom is -0.395 e. The number of benzene rings is 1. The molecule has 0 amide bonds. The third-order valence-electron chi connectivity index (χ3n) is 2.32. The van der Waals surface area contributed by atoms with Gasteiger partial charge in [0.15, 0.2) is 0 Å². The van der Waals surface area contributed by atoms with Gasteiger partial charge in [0.2, 0.25) is 0 Å². The minimum atomic E-state index is 0.123. The molecule has 0 aliphatic heterocycles. The summed E-state index contributed by atoms with van der Waals surface area (Å²) in [5.41, 5.74) is 1.67. The quantitative estimate of drug-likeness (QED) is 0.834. The smallest absolute Gasteiger partial charge is 0.107 e. The molecule has 2 rings (SSSR count). The summed E-state index contributed by atoms with van der Waals surface area (Å²) in [5.74, 6) is 0. The van der Waals surface area contributed by atoms with Gasteiger partial charge in [-0.25, -0.2) is 4.98 Å². The van der Waals surface area contributed by atoms with Gasteiger partial charge >= 0.3 is 0 Å². The van der Waals surface area contributed by atoms with Gasteiger partial charge in [0.25, 0.3) is 0 Å². The van der Waals surface area contributed by atoms with Crippen LogP contribution in [0.5, 0.6) is 0 Å². The highest BCUT2D eigenvalue weighted by atomic mass is 35.5. The molecule has 0 bridgehead atoms. The Balaban J connectivity index is 2.16. The van der Waals surface area contributed by atoms with E-state index in [0.29, 0.717) is 23.1 Å². The van der Waals surface area contributed by atoms with Crippen LogP contribution in [0.1, 0.15) is 5.01 Å².